The van der Waals surface area contributed by atoms with E-state index in [4.69, 9.17) is 0 Å². The molecule has 0 fully saturated rings. The highest BCUT2D eigenvalue weighted by molar-refractivity contribution is 5.76. The number of nitrogens with one attached hydrogen (secondary N) is 1. The molecule has 2 N–H and O–H groups in total. The molecule has 3 heteroatoms. The molecule has 0 amide bonds. The van der Waals surface area contributed by atoms with Crippen LogP contribution in [0.1, 0.15) is 26.7 Å². The quantitative estimate of drug-likeness (QED) is 0.607. The van der Waals surface area contributed by atoms with Gasteiger partial charge in [0, 0.05) is 12.5 Å². The van der Waals surface area contributed by atoms with Gasteiger partial charge in [0.2, 0.25) is 0 Å². The lowest BCUT2D eigenvalue weighted by Gasteiger charge is -2.19. The highest BCUT2D eigenvalue weighted by Crippen LogP contribution is 2.02. The second-order valence-electron chi connectivity index (χ2n) is 2.78. The third-order valence-corrected chi connectivity index (χ3v) is 1.77. The summed E-state index contributed by atoms with van der Waals surface area (Å²) in [6.45, 7) is 3.47. The first-order chi connectivity index (χ1) is 5.11. The number of hydrogen-bond acceptors (Lipinski definition) is 3. The molecule has 0 saturated carbocycles. The molecule has 0 aliphatic rings. The molecule has 0 bridgehead atoms. The van der Waals surface area contributed by atoms with Crippen molar-refractivity contribution in [3.05, 3.63) is 0 Å². The number of carbonyl (C=O) groups excluding carboxylic acids is 1. The molecule has 0 aromatic rings. The molecule has 0 spiro atoms. The number of Topliss-reactive ketones (excluding diaryl/α,β-unsaturated/α-hetero) is 1. The first kappa shape index (κ1) is 10.6. The molecule has 2 unspecified atom stereocenters. The molecule has 0 radical (unpaired) electrons. The number of hydrogen-bond donors (Lipinski definition) is 2. The summed E-state index contributed by atoms with van der Waals surface area (Å²) >= 11 is 0. The molecule has 3 nitrogen and oxygen atoms in total. The lowest BCUT2D eigenvalue weighted by molar-refractivity contribution is -0.119. The maximum Gasteiger partial charge on any atom is 0.132 e. The fraction of sp³-hybridized carbons (Fsp3) is 0.875. The largest absolute Gasteiger partial charge is 0.391 e. The lowest BCUT2D eigenvalue weighted by atomic mass is 10.0. The van der Waals surface area contributed by atoms with Gasteiger partial charge in [0.25, 0.3) is 0 Å². The van der Waals surface area contributed by atoms with Crippen LogP contribution in [0.25, 0.3) is 0 Å². The number of likely N-dealkylation sites (N-methyl/N-ethyl adjacent to an activating group) is 1. The Morgan fingerprint density at radius 3 is 2.45 bits per heavy atom. The average Bonchev–Trinajstić information content (AvgIpc) is 1.88. The van der Waals surface area contributed by atoms with E-state index < -0.39 is 6.10 Å². The molecule has 0 aromatic carbocycles. The van der Waals surface area contributed by atoms with Crippen molar-refractivity contribution in [2.24, 2.45) is 0 Å². The monoisotopic (exact) mass is 159 g/mol. The van der Waals surface area contributed by atoms with E-state index in [0.717, 1.165) is 6.42 Å². The molecular formula is C8H17NO2. The van der Waals surface area contributed by atoms with Crippen LogP contribution in [0.15, 0.2) is 0 Å². The van der Waals surface area contributed by atoms with Gasteiger partial charge in [0.05, 0.1) is 6.10 Å². The second kappa shape index (κ2) is 5.27. The van der Waals surface area contributed by atoms with Crippen LogP contribution in [-0.2, 0) is 4.79 Å². The number of ketones is 1. The highest BCUT2D eigenvalue weighted by Gasteiger charge is 2.16. The number of aliphatic hydroxyl groups is 1. The summed E-state index contributed by atoms with van der Waals surface area (Å²) in [7, 11) is 1.79. The summed E-state index contributed by atoms with van der Waals surface area (Å²) in [4.78, 5) is 10.6. The second-order valence-corrected chi connectivity index (χ2v) is 2.78. The molecule has 0 saturated heterocycles. The van der Waals surface area contributed by atoms with Crippen molar-refractivity contribution in [1.29, 1.82) is 0 Å². The summed E-state index contributed by atoms with van der Waals surface area (Å²) in [5.74, 6) is 0.0335. The predicted molar refractivity (Wildman–Crippen MR) is 44.4 cm³/mol. The van der Waals surface area contributed by atoms with Gasteiger partial charge in [0.15, 0.2) is 0 Å². The Morgan fingerprint density at radius 1 is 1.64 bits per heavy atom. The minimum absolute atomic E-state index is 0.0335. The SMILES string of the molecule is CCC(NC)C(O)CC(C)=O. The van der Waals surface area contributed by atoms with Gasteiger partial charge in [-0.15, -0.1) is 0 Å². The van der Waals surface area contributed by atoms with E-state index in [0.29, 0.717) is 0 Å². The first-order valence-electron chi connectivity index (χ1n) is 3.96. The van der Waals surface area contributed by atoms with Crippen molar-refractivity contribution in [3.63, 3.8) is 0 Å². The maximum atomic E-state index is 10.6. The average molecular weight is 159 g/mol. The first-order valence-corrected chi connectivity index (χ1v) is 3.96. The Labute approximate surface area is 67.8 Å². The Kier molecular flexibility index (Phi) is 5.07. The summed E-state index contributed by atoms with van der Waals surface area (Å²) in [5.41, 5.74) is 0. The summed E-state index contributed by atoms with van der Waals surface area (Å²) in [5, 5.41) is 12.4. The fourth-order valence-electron chi connectivity index (χ4n) is 1.11. The molecule has 2 atom stereocenters. The molecule has 11 heavy (non-hydrogen) atoms. The molecule has 0 rings (SSSR count). The Hall–Kier alpha value is -0.410. The van der Waals surface area contributed by atoms with E-state index >= 15 is 0 Å². The van der Waals surface area contributed by atoms with Gasteiger partial charge in [-0.05, 0) is 20.4 Å². The fourth-order valence-corrected chi connectivity index (χ4v) is 1.11. The molecule has 0 heterocycles. The van der Waals surface area contributed by atoms with E-state index in [2.05, 4.69) is 5.32 Å². The predicted octanol–water partition coefficient (Wildman–Crippen LogP) is 0.324. The van der Waals surface area contributed by atoms with Crippen molar-refractivity contribution >= 4 is 5.78 Å². The van der Waals surface area contributed by atoms with Crippen LogP contribution in [-0.4, -0.2) is 30.1 Å². The van der Waals surface area contributed by atoms with E-state index in [1.54, 1.807) is 7.05 Å². The van der Waals surface area contributed by atoms with Gasteiger partial charge < -0.3 is 10.4 Å². The summed E-state index contributed by atoms with van der Waals surface area (Å²) in [6, 6.07) is 0.0406. The molecule has 0 aromatic heterocycles. The zero-order valence-electron chi connectivity index (χ0n) is 7.42. The number of carbonyl (C=O) groups is 1. The Balaban J connectivity index is 3.78. The smallest absolute Gasteiger partial charge is 0.132 e. The highest BCUT2D eigenvalue weighted by atomic mass is 16.3. The van der Waals surface area contributed by atoms with Gasteiger partial charge >= 0.3 is 0 Å². The van der Waals surface area contributed by atoms with Crippen molar-refractivity contribution in [3.8, 4) is 0 Å². The number of aliphatic hydroxyl groups excluding tert-OH is 1. The van der Waals surface area contributed by atoms with Crippen LogP contribution in [0.2, 0.25) is 0 Å². The van der Waals surface area contributed by atoms with Gasteiger partial charge in [-0.1, -0.05) is 6.92 Å². The summed E-state index contributed by atoms with van der Waals surface area (Å²) in [6.07, 6.45) is 0.548. The lowest BCUT2D eigenvalue weighted by Crippen LogP contribution is -2.37. The van der Waals surface area contributed by atoms with Crippen molar-refractivity contribution in [1.82, 2.24) is 5.32 Å². The van der Waals surface area contributed by atoms with Crippen LogP contribution >= 0.6 is 0 Å². The van der Waals surface area contributed by atoms with Crippen LogP contribution in [0.3, 0.4) is 0 Å². The minimum Gasteiger partial charge on any atom is -0.391 e. The third-order valence-electron chi connectivity index (χ3n) is 1.77. The van der Waals surface area contributed by atoms with E-state index in [-0.39, 0.29) is 18.2 Å². The van der Waals surface area contributed by atoms with Crippen molar-refractivity contribution in [2.45, 2.75) is 38.8 Å². The Morgan fingerprint density at radius 2 is 2.18 bits per heavy atom. The standard InChI is InChI=1S/C8H17NO2/c1-4-7(9-3)8(11)5-6(2)10/h7-9,11H,4-5H2,1-3H3. The molecule has 0 aliphatic heterocycles. The maximum absolute atomic E-state index is 10.6. The van der Waals surface area contributed by atoms with Gasteiger partial charge in [-0.3, -0.25) is 4.79 Å². The molecule has 0 aliphatic carbocycles. The zero-order chi connectivity index (χ0) is 8.85. The Bertz CT molecular complexity index is 121. The third kappa shape index (κ3) is 4.11. The van der Waals surface area contributed by atoms with Crippen LogP contribution in [0.5, 0.6) is 0 Å². The molecule has 66 valence electrons. The van der Waals surface area contributed by atoms with Crippen LogP contribution < -0.4 is 5.32 Å². The summed E-state index contributed by atoms with van der Waals surface area (Å²) < 4.78 is 0. The van der Waals surface area contributed by atoms with E-state index in [1.807, 2.05) is 6.92 Å². The minimum atomic E-state index is -0.539. The van der Waals surface area contributed by atoms with E-state index in [9.17, 15) is 9.90 Å². The zero-order valence-corrected chi connectivity index (χ0v) is 7.42. The van der Waals surface area contributed by atoms with Gasteiger partial charge in [0.1, 0.15) is 5.78 Å². The topological polar surface area (TPSA) is 49.3 Å². The van der Waals surface area contributed by atoms with Crippen LogP contribution in [0.4, 0.5) is 0 Å². The normalized spacial score (nSPS) is 16.0. The van der Waals surface area contributed by atoms with Crippen LogP contribution in [0, 0.1) is 0 Å². The number of rotatable bonds is 5. The van der Waals surface area contributed by atoms with E-state index in [1.165, 1.54) is 6.92 Å². The van der Waals surface area contributed by atoms with Crippen molar-refractivity contribution < 1.29 is 9.90 Å². The van der Waals surface area contributed by atoms with Crippen molar-refractivity contribution in [2.75, 3.05) is 7.05 Å². The molecular weight excluding hydrogens is 142 g/mol. The van der Waals surface area contributed by atoms with Gasteiger partial charge in [-0.2, -0.15) is 0 Å². The van der Waals surface area contributed by atoms with Gasteiger partial charge in [-0.25, -0.2) is 0 Å².